The van der Waals surface area contributed by atoms with Crippen LogP contribution >= 0.6 is 0 Å². The van der Waals surface area contributed by atoms with Gasteiger partial charge in [-0.15, -0.1) is 0 Å². The molecule has 0 aliphatic heterocycles. The van der Waals surface area contributed by atoms with Crippen molar-refractivity contribution in [1.82, 2.24) is 15.5 Å². The molecule has 1 aromatic carbocycles. The normalized spacial score (nSPS) is 14.0. The molecule has 7 heteroatoms. The smallest absolute Gasteiger partial charge is 0.408 e. The van der Waals surface area contributed by atoms with E-state index in [0.717, 1.165) is 43.2 Å². The molecule has 37 heavy (non-hydrogen) atoms. The van der Waals surface area contributed by atoms with Gasteiger partial charge in [-0.2, -0.15) is 0 Å². The van der Waals surface area contributed by atoms with Crippen molar-refractivity contribution in [3.05, 3.63) is 35.4 Å². The van der Waals surface area contributed by atoms with E-state index < -0.39 is 23.8 Å². The van der Waals surface area contributed by atoms with E-state index in [1.807, 2.05) is 52.0 Å². The first kappa shape index (κ1) is 32.5. The molecule has 3 amide bonds. The molecule has 210 valence electrons. The molecule has 0 fully saturated rings. The first-order valence-electron chi connectivity index (χ1n) is 14.0. The number of carbonyl (C=O) groups is 3. The van der Waals surface area contributed by atoms with Crippen LogP contribution in [0.3, 0.4) is 0 Å². The summed E-state index contributed by atoms with van der Waals surface area (Å²) >= 11 is 0. The molecule has 7 nitrogen and oxygen atoms in total. The van der Waals surface area contributed by atoms with Gasteiger partial charge in [-0.25, -0.2) is 4.79 Å². The quantitative estimate of drug-likeness (QED) is 0.284. The molecule has 0 aliphatic rings. The molecule has 0 saturated carbocycles. The van der Waals surface area contributed by atoms with Crippen LogP contribution in [0.1, 0.15) is 111 Å². The van der Waals surface area contributed by atoms with Crippen molar-refractivity contribution >= 4 is 17.9 Å². The Balaban J connectivity index is 3.49. The minimum Gasteiger partial charge on any atom is -0.444 e. The molecule has 0 spiro atoms. The Labute approximate surface area is 225 Å². The van der Waals surface area contributed by atoms with Crippen LogP contribution in [0.5, 0.6) is 0 Å². The summed E-state index contributed by atoms with van der Waals surface area (Å²) in [6, 6.07) is 6.16. The highest BCUT2D eigenvalue weighted by Crippen LogP contribution is 2.26. The zero-order valence-electron chi connectivity index (χ0n) is 24.6. The fourth-order valence-electron chi connectivity index (χ4n) is 4.38. The molecule has 0 radical (unpaired) electrons. The summed E-state index contributed by atoms with van der Waals surface area (Å²) in [6.07, 6.45) is 4.31. The molecule has 3 atom stereocenters. The van der Waals surface area contributed by atoms with Crippen LogP contribution in [0, 0.1) is 12.8 Å². The molecule has 0 saturated heterocycles. The maximum Gasteiger partial charge on any atom is 0.408 e. The SMILES string of the molecule is CCCCCN(C(=O)C(CC(C)C)NC(=O)OC(C)(C)C)C(C(=O)NC(C)CCC)c1cccc(C)c1. The third-order valence-electron chi connectivity index (χ3n) is 6.01. The minimum atomic E-state index is -0.801. The van der Waals surface area contributed by atoms with Crippen molar-refractivity contribution in [2.75, 3.05) is 6.54 Å². The van der Waals surface area contributed by atoms with Crippen LogP contribution in [0.2, 0.25) is 0 Å². The Hall–Kier alpha value is -2.57. The molecule has 1 aromatic rings. The summed E-state index contributed by atoms with van der Waals surface area (Å²) < 4.78 is 5.47. The Morgan fingerprint density at radius 2 is 1.68 bits per heavy atom. The van der Waals surface area contributed by atoms with Crippen molar-refractivity contribution in [2.45, 2.75) is 125 Å². The topological polar surface area (TPSA) is 87.7 Å². The van der Waals surface area contributed by atoms with Crippen LogP contribution in [0.15, 0.2) is 24.3 Å². The molecular formula is C30H51N3O4. The van der Waals surface area contributed by atoms with Gasteiger partial charge in [0.1, 0.15) is 17.7 Å². The van der Waals surface area contributed by atoms with Crippen LogP contribution in [0.25, 0.3) is 0 Å². The molecule has 0 heterocycles. The summed E-state index contributed by atoms with van der Waals surface area (Å²) in [5, 5.41) is 5.94. The predicted octanol–water partition coefficient (Wildman–Crippen LogP) is 6.30. The van der Waals surface area contributed by atoms with Crippen molar-refractivity contribution in [3.63, 3.8) is 0 Å². The van der Waals surface area contributed by atoms with E-state index in [1.165, 1.54) is 0 Å². The fourth-order valence-corrected chi connectivity index (χ4v) is 4.38. The number of nitrogens with one attached hydrogen (secondary N) is 2. The van der Waals surface area contributed by atoms with Crippen molar-refractivity contribution in [1.29, 1.82) is 0 Å². The first-order chi connectivity index (χ1) is 17.3. The van der Waals surface area contributed by atoms with E-state index >= 15 is 0 Å². The van der Waals surface area contributed by atoms with E-state index in [-0.39, 0.29) is 23.8 Å². The van der Waals surface area contributed by atoms with Crippen molar-refractivity contribution in [3.8, 4) is 0 Å². The third-order valence-corrected chi connectivity index (χ3v) is 6.01. The number of hydrogen-bond acceptors (Lipinski definition) is 4. The number of hydrogen-bond donors (Lipinski definition) is 2. The first-order valence-corrected chi connectivity index (χ1v) is 14.0. The molecule has 0 bridgehead atoms. The number of rotatable bonds is 14. The van der Waals surface area contributed by atoms with E-state index in [1.54, 1.807) is 25.7 Å². The Kier molecular flexibility index (Phi) is 13.7. The molecular weight excluding hydrogens is 466 g/mol. The Morgan fingerprint density at radius 1 is 1.00 bits per heavy atom. The van der Waals surface area contributed by atoms with Gasteiger partial charge in [0.05, 0.1) is 0 Å². The van der Waals surface area contributed by atoms with Gasteiger partial charge in [-0.1, -0.05) is 76.8 Å². The van der Waals surface area contributed by atoms with Gasteiger partial charge in [-0.3, -0.25) is 9.59 Å². The lowest BCUT2D eigenvalue weighted by atomic mass is 9.97. The van der Waals surface area contributed by atoms with Crippen molar-refractivity contribution < 1.29 is 19.1 Å². The van der Waals surface area contributed by atoms with Gasteiger partial charge in [-0.05, 0) is 65.4 Å². The second-order valence-corrected chi connectivity index (χ2v) is 11.6. The molecule has 3 unspecified atom stereocenters. The van der Waals surface area contributed by atoms with Crippen LogP contribution in [-0.4, -0.2) is 47.0 Å². The second-order valence-electron chi connectivity index (χ2n) is 11.6. The monoisotopic (exact) mass is 517 g/mol. The minimum absolute atomic E-state index is 0.0104. The van der Waals surface area contributed by atoms with Gasteiger partial charge in [0.15, 0.2) is 0 Å². The number of amides is 3. The molecule has 1 rings (SSSR count). The molecule has 2 N–H and O–H groups in total. The highest BCUT2D eigenvalue weighted by atomic mass is 16.6. The van der Waals surface area contributed by atoms with E-state index in [4.69, 9.17) is 4.74 Å². The number of aryl methyl sites for hydroxylation is 1. The summed E-state index contributed by atoms with van der Waals surface area (Å²) in [5.41, 5.74) is 1.10. The van der Waals surface area contributed by atoms with E-state index in [2.05, 4.69) is 24.5 Å². The average Bonchev–Trinajstić information content (AvgIpc) is 2.76. The van der Waals surface area contributed by atoms with Gasteiger partial charge in [0, 0.05) is 12.6 Å². The van der Waals surface area contributed by atoms with Gasteiger partial charge in [0.2, 0.25) is 11.8 Å². The highest BCUT2D eigenvalue weighted by Gasteiger charge is 2.36. The number of unbranched alkanes of at least 4 members (excludes halogenated alkanes) is 2. The number of ether oxygens (including phenoxy) is 1. The standard InChI is InChI=1S/C30H51N3O4/c1-10-12-13-18-33(28(35)25(19-21(3)4)32-29(36)37-30(7,8)9)26(24-17-14-16-22(5)20-24)27(34)31-23(6)15-11-2/h14,16-17,20-21,23,25-26H,10-13,15,18-19H2,1-9H3,(H,31,34)(H,32,36). The number of carbonyl (C=O) groups excluding carboxylic acids is 3. The van der Waals surface area contributed by atoms with Crippen molar-refractivity contribution in [2.24, 2.45) is 5.92 Å². The summed E-state index contributed by atoms with van der Waals surface area (Å²) in [7, 11) is 0. The zero-order chi connectivity index (χ0) is 28.2. The molecule has 0 aromatic heterocycles. The lowest BCUT2D eigenvalue weighted by Crippen LogP contribution is -2.54. The fraction of sp³-hybridized carbons (Fsp3) is 0.700. The summed E-state index contributed by atoms with van der Waals surface area (Å²) in [4.78, 5) is 42.3. The summed E-state index contributed by atoms with van der Waals surface area (Å²) in [5.74, 6) is -0.311. The van der Waals surface area contributed by atoms with E-state index in [0.29, 0.717) is 13.0 Å². The van der Waals surface area contributed by atoms with Gasteiger partial charge < -0.3 is 20.3 Å². The highest BCUT2D eigenvalue weighted by molar-refractivity contribution is 5.92. The van der Waals surface area contributed by atoms with Crippen LogP contribution in [-0.2, 0) is 14.3 Å². The number of nitrogens with zero attached hydrogens (tertiary/aromatic N) is 1. The molecule has 0 aliphatic carbocycles. The van der Waals surface area contributed by atoms with Gasteiger partial charge >= 0.3 is 6.09 Å². The second kappa shape index (κ2) is 15.6. The van der Waals surface area contributed by atoms with Gasteiger partial charge in [0.25, 0.3) is 0 Å². The van der Waals surface area contributed by atoms with E-state index in [9.17, 15) is 14.4 Å². The maximum absolute atomic E-state index is 14.2. The number of benzene rings is 1. The predicted molar refractivity (Wildman–Crippen MR) is 150 cm³/mol. The van der Waals surface area contributed by atoms with Crippen LogP contribution in [0.4, 0.5) is 4.79 Å². The Morgan fingerprint density at radius 3 is 2.22 bits per heavy atom. The van der Waals surface area contributed by atoms with Crippen LogP contribution < -0.4 is 10.6 Å². The summed E-state index contributed by atoms with van der Waals surface area (Å²) in [6.45, 7) is 18.0. The third kappa shape index (κ3) is 12.0. The maximum atomic E-state index is 14.2. The zero-order valence-corrected chi connectivity index (χ0v) is 24.6. The lowest BCUT2D eigenvalue weighted by molar-refractivity contribution is -0.143. The Bertz CT molecular complexity index is 863. The number of alkyl carbamates (subject to hydrolysis) is 1. The largest absolute Gasteiger partial charge is 0.444 e. The lowest BCUT2D eigenvalue weighted by Gasteiger charge is -2.35. The average molecular weight is 518 g/mol.